The maximum absolute atomic E-state index is 13.4. The minimum absolute atomic E-state index is 0.196. The zero-order valence-corrected chi connectivity index (χ0v) is 28.3. The molecule has 0 saturated heterocycles. The molecule has 0 unspecified atom stereocenters. The minimum atomic E-state index is -3.61. The first kappa shape index (κ1) is 34.3. The third-order valence-electron chi connectivity index (χ3n) is 7.36. The van der Waals surface area contributed by atoms with Gasteiger partial charge in [-0.15, -0.1) is 0 Å². The summed E-state index contributed by atoms with van der Waals surface area (Å²) in [5.41, 5.74) is 2.39. The van der Waals surface area contributed by atoms with Gasteiger partial charge in [-0.2, -0.15) is 0 Å². The standard InChI is InChI=1S/C35H43N5O5S/c1-8-40(9-2)20-12-13-25-23-26(18-19-36-25)45-32-17-16-29(27-14-10-11-15-28(27)32)37-34(41)38-30-21-24(35(3,4)5)22-31(33(30)44-6)39-46(7,42)43/h10-19,21-23,39H,8-9,20H2,1-7H3,(H2,37,38,41)/b13-12+. The summed E-state index contributed by atoms with van der Waals surface area (Å²) in [7, 11) is -2.19. The second-order valence-electron chi connectivity index (χ2n) is 11.9. The second kappa shape index (κ2) is 14.7. The van der Waals surface area contributed by atoms with Gasteiger partial charge < -0.3 is 25.0 Å². The lowest BCUT2D eigenvalue weighted by Gasteiger charge is -2.24. The maximum Gasteiger partial charge on any atom is 0.323 e. The Bertz CT molecular complexity index is 1830. The van der Waals surface area contributed by atoms with Crippen LogP contribution in [0.5, 0.6) is 17.2 Å². The van der Waals surface area contributed by atoms with Gasteiger partial charge in [0.15, 0.2) is 5.75 Å². The molecule has 0 aliphatic rings. The number of nitrogens with one attached hydrogen (secondary N) is 3. The van der Waals surface area contributed by atoms with Crippen LogP contribution in [0.15, 0.2) is 72.9 Å². The quantitative estimate of drug-likeness (QED) is 0.144. The molecule has 244 valence electrons. The van der Waals surface area contributed by atoms with Gasteiger partial charge in [-0.25, -0.2) is 13.2 Å². The van der Waals surface area contributed by atoms with Gasteiger partial charge in [-0.3, -0.25) is 9.71 Å². The Kier molecular flexibility index (Phi) is 10.9. The Morgan fingerprint density at radius 3 is 2.26 bits per heavy atom. The van der Waals surface area contributed by atoms with E-state index >= 15 is 0 Å². The number of amides is 2. The fourth-order valence-electron chi connectivity index (χ4n) is 4.91. The fourth-order valence-corrected chi connectivity index (χ4v) is 5.46. The number of benzene rings is 3. The van der Waals surface area contributed by atoms with E-state index in [0.29, 0.717) is 22.9 Å². The molecule has 3 aromatic carbocycles. The van der Waals surface area contributed by atoms with Crippen LogP contribution in [0, 0.1) is 0 Å². The summed E-state index contributed by atoms with van der Waals surface area (Å²) in [6.45, 7) is 13.1. The number of hydrogen-bond donors (Lipinski definition) is 3. The molecule has 1 heterocycles. The number of hydrogen-bond acceptors (Lipinski definition) is 7. The summed E-state index contributed by atoms with van der Waals surface area (Å²) in [6.07, 6.45) is 6.86. The molecule has 0 atom stereocenters. The van der Waals surface area contributed by atoms with Crippen LogP contribution in [0.3, 0.4) is 0 Å². The van der Waals surface area contributed by atoms with Crippen LogP contribution >= 0.6 is 0 Å². The van der Waals surface area contributed by atoms with Crippen LogP contribution in [0.25, 0.3) is 16.8 Å². The molecule has 2 amide bonds. The lowest BCUT2D eigenvalue weighted by atomic mass is 9.86. The lowest BCUT2D eigenvalue weighted by molar-refractivity contribution is 0.262. The number of ether oxygens (including phenoxy) is 2. The molecule has 4 rings (SSSR count). The van der Waals surface area contributed by atoms with Crippen LogP contribution in [-0.4, -0.2) is 57.3 Å². The monoisotopic (exact) mass is 645 g/mol. The van der Waals surface area contributed by atoms with Crippen LogP contribution < -0.4 is 24.8 Å². The maximum atomic E-state index is 13.4. The largest absolute Gasteiger partial charge is 0.492 e. The van der Waals surface area contributed by atoms with Crippen molar-refractivity contribution in [2.45, 2.75) is 40.0 Å². The van der Waals surface area contributed by atoms with E-state index in [9.17, 15) is 13.2 Å². The van der Waals surface area contributed by atoms with Crippen molar-refractivity contribution in [1.82, 2.24) is 9.88 Å². The van der Waals surface area contributed by atoms with Crippen LogP contribution in [0.1, 0.15) is 45.9 Å². The molecule has 0 bridgehead atoms. The number of carbonyl (C=O) groups excluding carboxylic acids is 1. The second-order valence-corrected chi connectivity index (χ2v) is 13.6. The highest BCUT2D eigenvalue weighted by molar-refractivity contribution is 7.92. The summed E-state index contributed by atoms with van der Waals surface area (Å²) in [5.74, 6) is 1.47. The molecule has 0 aliphatic heterocycles. The molecular formula is C35H43N5O5S. The van der Waals surface area contributed by atoms with Crippen molar-refractivity contribution in [1.29, 1.82) is 0 Å². The first-order valence-corrected chi connectivity index (χ1v) is 17.0. The number of rotatable bonds is 12. The van der Waals surface area contributed by atoms with Crippen LogP contribution in [0.2, 0.25) is 0 Å². The Morgan fingerprint density at radius 2 is 1.61 bits per heavy atom. The molecule has 46 heavy (non-hydrogen) atoms. The predicted octanol–water partition coefficient (Wildman–Crippen LogP) is 7.70. The molecular weight excluding hydrogens is 602 g/mol. The van der Waals surface area contributed by atoms with E-state index in [4.69, 9.17) is 9.47 Å². The van der Waals surface area contributed by atoms with E-state index in [0.717, 1.165) is 47.9 Å². The summed E-state index contributed by atoms with van der Waals surface area (Å²) in [4.78, 5) is 20.1. The van der Waals surface area contributed by atoms with E-state index in [2.05, 4.69) is 45.2 Å². The molecule has 0 saturated carbocycles. The average Bonchev–Trinajstić information content (AvgIpc) is 2.99. The van der Waals surface area contributed by atoms with Gasteiger partial charge in [-0.05, 0) is 60.5 Å². The van der Waals surface area contributed by atoms with Crippen molar-refractivity contribution in [3.05, 3.63) is 84.2 Å². The molecule has 4 aromatic rings. The number of carbonyl (C=O) groups is 1. The van der Waals surface area contributed by atoms with E-state index in [-0.39, 0.29) is 16.9 Å². The molecule has 3 N–H and O–H groups in total. The molecule has 1 aromatic heterocycles. The Hall–Kier alpha value is -4.61. The number of aromatic nitrogens is 1. The molecule has 10 nitrogen and oxygen atoms in total. The fraction of sp³-hybridized carbons (Fsp3) is 0.314. The van der Waals surface area contributed by atoms with Gasteiger partial charge >= 0.3 is 6.03 Å². The molecule has 0 spiro atoms. The Labute approximate surface area is 271 Å². The molecule has 0 fully saturated rings. The summed E-state index contributed by atoms with van der Waals surface area (Å²) in [6, 6.07) is 17.9. The van der Waals surface area contributed by atoms with Gasteiger partial charge in [0.05, 0.1) is 36.1 Å². The topological polar surface area (TPSA) is 122 Å². The minimum Gasteiger partial charge on any atom is -0.492 e. The first-order valence-electron chi connectivity index (χ1n) is 15.1. The first-order chi connectivity index (χ1) is 21.8. The van der Waals surface area contributed by atoms with Crippen molar-refractivity contribution in [3.8, 4) is 17.2 Å². The van der Waals surface area contributed by atoms with Gasteiger partial charge in [0.25, 0.3) is 0 Å². The average molecular weight is 646 g/mol. The summed E-state index contributed by atoms with van der Waals surface area (Å²) >= 11 is 0. The molecule has 0 aliphatic carbocycles. The number of pyridine rings is 1. The number of fused-ring (bicyclic) bond motifs is 1. The third kappa shape index (κ3) is 8.98. The van der Waals surface area contributed by atoms with Gasteiger partial charge in [0.2, 0.25) is 10.0 Å². The Balaban J connectivity index is 1.59. The number of anilines is 3. The van der Waals surface area contributed by atoms with Crippen molar-refractivity contribution >= 4 is 50.0 Å². The highest BCUT2D eigenvalue weighted by Gasteiger charge is 2.22. The van der Waals surface area contributed by atoms with Crippen molar-refractivity contribution in [3.63, 3.8) is 0 Å². The summed E-state index contributed by atoms with van der Waals surface area (Å²) < 4.78 is 38.5. The molecule has 0 radical (unpaired) electrons. The van der Waals surface area contributed by atoms with Gasteiger partial charge in [0, 0.05) is 29.6 Å². The Morgan fingerprint density at radius 1 is 0.935 bits per heavy atom. The van der Waals surface area contributed by atoms with Crippen molar-refractivity contribution in [2.24, 2.45) is 0 Å². The van der Waals surface area contributed by atoms with Crippen LogP contribution in [0.4, 0.5) is 21.9 Å². The van der Waals surface area contributed by atoms with Crippen molar-refractivity contribution in [2.75, 3.05) is 48.4 Å². The third-order valence-corrected chi connectivity index (χ3v) is 7.95. The molecule has 11 heteroatoms. The SMILES string of the molecule is CCN(CC)C/C=C/c1cc(Oc2ccc(NC(=O)Nc3cc(C(C)(C)C)cc(NS(C)(=O)=O)c3OC)c3ccccc23)ccn1. The lowest BCUT2D eigenvalue weighted by Crippen LogP contribution is -2.22. The number of likely N-dealkylation sites (N-methyl/N-ethyl adjacent to an activating group) is 1. The van der Waals surface area contributed by atoms with E-state index < -0.39 is 16.1 Å². The smallest absolute Gasteiger partial charge is 0.323 e. The van der Waals surface area contributed by atoms with Gasteiger partial charge in [-0.1, -0.05) is 65.0 Å². The normalized spacial score (nSPS) is 12.0. The number of sulfonamides is 1. The zero-order chi connectivity index (χ0) is 33.5. The zero-order valence-electron chi connectivity index (χ0n) is 27.5. The van der Waals surface area contributed by atoms with Crippen LogP contribution in [-0.2, 0) is 15.4 Å². The van der Waals surface area contributed by atoms with E-state index in [1.54, 1.807) is 24.4 Å². The number of urea groups is 1. The number of methoxy groups -OCH3 is 1. The number of nitrogens with zero attached hydrogens (tertiary/aromatic N) is 2. The summed E-state index contributed by atoms with van der Waals surface area (Å²) in [5, 5.41) is 7.36. The highest BCUT2D eigenvalue weighted by Crippen LogP contribution is 2.40. The highest BCUT2D eigenvalue weighted by atomic mass is 32.2. The predicted molar refractivity (Wildman–Crippen MR) is 188 cm³/mol. The van der Waals surface area contributed by atoms with E-state index in [1.807, 2.05) is 69.3 Å². The van der Waals surface area contributed by atoms with Gasteiger partial charge in [0.1, 0.15) is 11.5 Å². The van der Waals surface area contributed by atoms with E-state index in [1.165, 1.54) is 7.11 Å². The van der Waals surface area contributed by atoms with Crippen molar-refractivity contribution < 1.29 is 22.7 Å².